The standard InChI is InChI=1S/C18H17Cl2N5/c1-12-14(5-3-7-21-12)18-23-22-16-11-24(8-9-25(16)18)10-13-4-2-6-15(19)17(13)20/h2-7H,8-11H2,1H3. The second kappa shape index (κ2) is 6.75. The summed E-state index contributed by atoms with van der Waals surface area (Å²) in [5.41, 5.74) is 3.03. The van der Waals surface area contributed by atoms with Crippen molar-refractivity contribution in [2.24, 2.45) is 0 Å². The van der Waals surface area contributed by atoms with E-state index >= 15 is 0 Å². The Morgan fingerprint density at radius 3 is 2.80 bits per heavy atom. The van der Waals surface area contributed by atoms with Crippen LogP contribution in [0.15, 0.2) is 36.5 Å². The van der Waals surface area contributed by atoms with E-state index in [0.717, 1.165) is 54.6 Å². The maximum Gasteiger partial charge on any atom is 0.165 e. The van der Waals surface area contributed by atoms with Crippen molar-refractivity contribution in [3.8, 4) is 11.4 Å². The molecule has 7 heteroatoms. The molecule has 0 bridgehead atoms. The first-order chi connectivity index (χ1) is 12.1. The van der Waals surface area contributed by atoms with Gasteiger partial charge >= 0.3 is 0 Å². The van der Waals surface area contributed by atoms with Gasteiger partial charge < -0.3 is 4.57 Å². The van der Waals surface area contributed by atoms with Crippen LogP contribution in [-0.2, 0) is 19.6 Å². The van der Waals surface area contributed by atoms with Crippen LogP contribution in [0.3, 0.4) is 0 Å². The summed E-state index contributed by atoms with van der Waals surface area (Å²) >= 11 is 12.4. The smallest absolute Gasteiger partial charge is 0.165 e. The Morgan fingerprint density at radius 2 is 1.96 bits per heavy atom. The van der Waals surface area contributed by atoms with Crippen LogP contribution >= 0.6 is 23.2 Å². The van der Waals surface area contributed by atoms with Gasteiger partial charge in [0, 0.05) is 37.1 Å². The minimum atomic E-state index is 0.591. The number of hydrogen-bond acceptors (Lipinski definition) is 4. The molecule has 0 radical (unpaired) electrons. The minimum absolute atomic E-state index is 0.591. The van der Waals surface area contributed by atoms with Crippen molar-refractivity contribution in [2.45, 2.75) is 26.6 Å². The second-order valence-corrected chi connectivity index (χ2v) is 6.94. The molecule has 4 rings (SSSR count). The van der Waals surface area contributed by atoms with Crippen molar-refractivity contribution in [1.29, 1.82) is 0 Å². The van der Waals surface area contributed by atoms with Gasteiger partial charge in [-0.3, -0.25) is 9.88 Å². The maximum absolute atomic E-state index is 6.32. The van der Waals surface area contributed by atoms with Crippen LogP contribution in [0, 0.1) is 6.92 Å². The minimum Gasteiger partial charge on any atom is -0.309 e. The Hall–Kier alpha value is -1.95. The highest BCUT2D eigenvalue weighted by molar-refractivity contribution is 6.42. The van der Waals surface area contributed by atoms with Gasteiger partial charge in [-0.05, 0) is 30.7 Å². The lowest BCUT2D eigenvalue weighted by Gasteiger charge is -2.28. The Kier molecular flexibility index (Phi) is 4.46. The highest BCUT2D eigenvalue weighted by Crippen LogP contribution is 2.28. The number of rotatable bonds is 3. The summed E-state index contributed by atoms with van der Waals surface area (Å²) in [5, 5.41) is 10.0. The number of fused-ring (bicyclic) bond motifs is 1. The molecule has 0 spiro atoms. The maximum atomic E-state index is 6.32. The predicted molar refractivity (Wildman–Crippen MR) is 98.6 cm³/mol. The van der Waals surface area contributed by atoms with Crippen molar-refractivity contribution in [2.75, 3.05) is 6.54 Å². The van der Waals surface area contributed by atoms with Crippen LogP contribution in [0.4, 0.5) is 0 Å². The van der Waals surface area contributed by atoms with Crippen LogP contribution in [0.1, 0.15) is 17.1 Å². The molecule has 128 valence electrons. The fraction of sp³-hybridized carbons (Fsp3) is 0.278. The third-order valence-electron chi connectivity index (χ3n) is 4.51. The number of pyridine rings is 1. The summed E-state index contributed by atoms with van der Waals surface area (Å²) in [5.74, 6) is 1.85. The lowest BCUT2D eigenvalue weighted by Crippen LogP contribution is -2.33. The first-order valence-corrected chi connectivity index (χ1v) is 8.88. The van der Waals surface area contributed by atoms with Crippen LogP contribution < -0.4 is 0 Å². The summed E-state index contributed by atoms with van der Waals surface area (Å²) < 4.78 is 2.18. The SMILES string of the molecule is Cc1ncccc1-c1nnc2n1CCN(Cc1cccc(Cl)c1Cl)C2. The zero-order valence-electron chi connectivity index (χ0n) is 13.8. The van der Waals surface area contributed by atoms with Gasteiger partial charge in [-0.25, -0.2) is 0 Å². The number of aromatic nitrogens is 4. The summed E-state index contributed by atoms with van der Waals surface area (Å²) in [6.45, 7) is 5.21. The van der Waals surface area contributed by atoms with Crippen LogP contribution in [-0.4, -0.2) is 31.2 Å². The number of halogens is 2. The van der Waals surface area contributed by atoms with E-state index in [-0.39, 0.29) is 0 Å². The van der Waals surface area contributed by atoms with E-state index < -0.39 is 0 Å². The zero-order chi connectivity index (χ0) is 17.4. The molecule has 1 aromatic carbocycles. The molecule has 0 saturated carbocycles. The van der Waals surface area contributed by atoms with Crippen LogP contribution in [0.5, 0.6) is 0 Å². The molecule has 0 N–H and O–H groups in total. The van der Waals surface area contributed by atoms with E-state index in [1.807, 2.05) is 37.3 Å². The van der Waals surface area contributed by atoms with Crippen molar-refractivity contribution < 1.29 is 0 Å². The molecule has 0 aliphatic carbocycles. The third-order valence-corrected chi connectivity index (χ3v) is 5.36. The summed E-state index contributed by atoms with van der Waals surface area (Å²) in [6, 6.07) is 9.72. The molecule has 1 aliphatic rings. The predicted octanol–water partition coefficient (Wildman–Crippen LogP) is 3.97. The average molecular weight is 374 g/mol. The first-order valence-electron chi connectivity index (χ1n) is 8.13. The summed E-state index contributed by atoms with van der Waals surface area (Å²) in [6.07, 6.45) is 1.79. The fourth-order valence-electron chi connectivity index (χ4n) is 3.17. The Morgan fingerprint density at radius 1 is 1.08 bits per heavy atom. The highest BCUT2D eigenvalue weighted by Gasteiger charge is 2.23. The van der Waals surface area contributed by atoms with Crippen molar-refractivity contribution in [3.05, 3.63) is 63.7 Å². The molecule has 3 aromatic rings. The van der Waals surface area contributed by atoms with Crippen molar-refractivity contribution in [1.82, 2.24) is 24.6 Å². The third kappa shape index (κ3) is 3.15. The molecular formula is C18H17Cl2N5. The summed E-state index contributed by atoms with van der Waals surface area (Å²) in [4.78, 5) is 6.66. The molecule has 0 amide bonds. The molecule has 0 saturated heterocycles. The van der Waals surface area contributed by atoms with E-state index in [1.165, 1.54) is 0 Å². The largest absolute Gasteiger partial charge is 0.309 e. The van der Waals surface area contributed by atoms with E-state index in [4.69, 9.17) is 23.2 Å². The van der Waals surface area contributed by atoms with E-state index in [0.29, 0.717) is 10.0 Å². The van der Waals surface area contributed by atoms with Crippen LogP contribution in [0.25, 0.3) is 11.4 Å². The van der Waals surface area contributed by atoms with E-state index in [1.54, 1.807) is 6.20 Å². The quantitative estimate of drug-likeness (QED) is 0.696. The zero-order valence-corrected chi connectivity index (χ0v) is 15.3. The van der Waals surface area contributed by atoms with Gasteiger partial charge in [0.2, 0.25) is 0 Å². The van der Waals surface area contributed by atoms with Crippen LogP contribution in [0.2, 0.25) is 10.0 Å². The second-order valence-electron chi connectivity index (χ2n) is 6.15. The van der Waals surface area contributed by atoms with Gasteiger partial charge in [-0.2, -0.15) is 0 Å². The van der Waals surface area contributed by atoms with Crippen molar-refractivity contribution >= 4 is 23.2 Å². The lowest BCUT2D eigenvalue weighted by atomic mass is 10.1. The van der Waals surface area contributed by atoms with Gasteiger partial charge in [0.25, 0.3) is 0 Å². The molecular weight excluding hydrogens is 357 g/mol. The Balaban J connectivity index is 1.57. The topological polar surface area (TPSA) is 46.8 Å². The van der Waals surface area contributed by atoms with E-state index in [9.17, 15) is 0 Å². The Labute approximate surface area is 156 Å². The molecule has 0 unspecified atom stereocenters. The molecule has 0 atom stereocenters. The van der Waals surface area contributed by atoms with E-state index in [2.05, 4.69) is 24.6 Å². The van der Waals surface area contributed by atoms with Gasteiger partial charge in [0.05, 0.1) is 16.6 Å². The number of nitrogens with zero attached hydrogens (tertiary/aromatic N) is 5. The average Bonchev–Trinajstić information content (AvgIpc) is 3.02. The van der Waals surface area contributed by atoms with Crippen molar-refractivity contribution in [3.63, 3.8) is 0 Å². The molecule has 3 heterocycles. The highest BCUT2D eigenvalue weighted by atomic mass is 35.5. The fourth-order valence-corrected chi connectivity index (χ4v) is 3.55. The lowest BCUT2D eigenvalue weighted by molar-refractivity contribution is 0.209. The normalized spacial score (nSPS) is 14.5. The molecule has 1 aliphatic heterocycles. The summed E-state index contributed by atoms with van der Waals surface area (Å²) in [7, 11) is 0. The Bertz CT molecular complexity index is 922. The molecule has 0 fully saturated rings. The van der Waals surface area contributed by atoms with Gasteiger partial charge in [0.15, 0.2) is 5.82 Å². The number of hydrogen-bond donors (Lipinski definition) is 0. The molecule has 5 nitrogen and oxygen atoms in total. The molecule has 25 heavy (non-hydrogen) atoms. The van der Waals surface area contributed by atoms with Gasteiger partial charge in [-0.1, -0.05) is 35.3 Å². The van der Waals surface area contributed by atoms with Gasteiger partial charge in [0.1, 0.15) is 5.82 Å². The monoisotopic (exact) mass is 373 g/mol. The number of aryl methyl sites for hydroxylation is 1. The number of benzene rings is 1. The molecule has 2 aromatic heterocycles. The van der Waals surface area contributed by atoms with Gasteiger partial charge in [-0.15, -0.1) is 10.2 Å². The first kappa shape index (κ1) is 16.5.